The van der Waals surface area contributed by atoms with Crippen molar-refractivity contribution in [3.63, 3.8) is 0 Å². The van der Waals surface area contributed by atoms with Crippen LogP contribution in [0, 0.1) is 0 Å². The third-order valence-electron chi connectivity index (χ3n) is 7.99. The molecule has 47 heavy (non-hydrogen) atoms. The van der Waals surface area contributed by atoms with E-state index in [-0.39, 0.29) is 39.3 Å². The number of hydrogen-bond donors (Lipinski definition) is 7. The van der Waals surface area contributed by atoms with Gasteiger partial charge in [-0.05, 0) is 41.0 Å². The predicted molar refractivity (Wildman–Crippen MR) is 184 cm³/mol. The number of fused-ring (bicyclic) bond motifs is 3. The Morgan fingerprint density at radius 1 is 1.02 bits per heavy atom. The van der Waals surface area contributed by atoms with Crippen molar-refractivity contribution in [1.82, 2.24) is 36.1 Å². The van der Waals surface area contributed by atoms with Crippen molar-refractivity contribution in [1.29, 1.82) is 0 Å². The number of nitrogens with zero attached hydrogens (tertiary/aromatic N) is 2. The minimum atomic E-state index is -1.09. The number of amides is 3. The van der Waals surface area contributed by atoms with E-state index in [1.165, 1.54) is 23.7 Å². The molecule has 0 unspecified atom stereocenters. The predicted octanol–water partition coefficient (Wildman–Crippen LogP) is 2.13. The number of benzene rings is 2. The molecule has 0 aliphatic carbocycles. The van der Waals surface area contributed by atoms with Gasteiger partial charge < -0.3 is 42.6 Å². The quantitative estimate of drug-likeness (QED) is 0.148. The summed E-state index contributed by atoms with van der Waals surface area (Å²) in [6.07, 6.45) is 3.70. The number of hydrogen-bond acceptors (Lipinski definition) is 9. The zero-order valence-corrected chi connectivity index (χ0v) is 28.0. The van der Waals surface area contributed by atoms with Crippen LogP contribution in [0.5, 0.6) is 0 Å². The smallest absolute Gasteiger partial charge is 0.246 e. The molecule has 3 heterocycles. The average molecular weight is 699 g/mol. The maximum Gasteiger partial charge on any atom is 0.246 e. The SMILES string of the molecule is CN1C(=O)[C@H](CN)NC(=O)[C@H](CNCN)NCc2cccnc2Sc2c(Cl)cc(Cl)cc2CNC(=O)[C@@H]1Cc1c[nH]c2ccccc12. The highest BCUT2D eigenvalue weighted by atomic mass is 35.5. The molecule has 2 aromatic carbocycles. The van der Waals surface area contributed by atoms with Crippen LogP contribution in [0.4, 0.5) is 0 Å². The lowest BCUT2D eigenvalue weighted by molar-refractivity contribution is -0.141. The summed E-state index contributed by atoms with van der Waals surface area (Å²) in [5.74, 6) is -1.37. The number of nitrogens with one attached hydrogen (secondary N) is 5. The van der Waals surface area contributed by atoms with Crippen LogP contribution in [-0.2, 0) is 33.9 Å². The van der Waals surface area contributed by atoms with Gasteiger partial charge in [-0.1, -0.05) is 59.2 Å². The first-order valence-electron chi connectivity index (χ1n) is 15.0. The van der Waals surface area contributed by atoms with Gasteiger partial charge in [-0.25, -0.2) is 4.98 Å². The highest BCUT2D eigenvalue weighted by Crippen LogP contribution is 2.38. The largest absolute Gasteiger partial charge is 0.361 e. The number of pyridine rings is 1. The monoisotopic (exact) mass is 697 g/mol. The summed E-state index contributed by atoms with van der Waals surface area (Å²) < 4.78 is 0. The number of rotatable bonds is 6. The molecule has 0 saturated heterocycles. The van der Waals surface area contributed by atoms with Crippen LogP contribution in [0.2, 0.25) is 10.0 Å². The van der Waals surface area contributed by atoms with Gasteiger partial charge in [0.15, 0.2) is 0 Å². The lowest BCUT2D eigenvalue weighted by atomic mass is 10.0. The van der Waals surface area contributed by atoms with Gasteiger partial charge in [-0.3, -0.25) is 14.4 Å². The Morgan fingerprint density at radius 3 is 2.62 bits per heavy atom. The molecule has 0 fully saturated rings. The van der Waals surface area contributed by atoms with Gasteiger partial charge >= 0.3 is 0 Å². The van der Waals surface area contributed by atoms with E-state index in [2.05, 4.69) is 31.2 Å². The molecule has 15 heteroatoms. The number of H-pyrrole nitrogens is 1. The summed E-state index contributed by atoms with van der Waals surface area (Å²) in [4.78, 5) is 51.4. The molecule has 5 rings (SSSR count). The first-order valence-corrected chi connectivity index (χ1v) is 16.6. The standard InChI is InChI=1S/C32H37Cl2N9O3S/c1-43-27(10-19-14-39-24-7-3-2-6-22(19)24)30(45)41-15-20-9-21(33)11-23(34)28(20)47-31-18(5-4-8-38-31)13-40-26(16-37-17-36)29(44)42-25(12-35)32(43)46/h2-9,11,14,25-27,37,39-40H,10,12-13,15-17,35-36H2,1H3,(H,41,45)(H,42,44)/t25-,26-,27-/m0/s1. The zero-order chi connectivity index (χ0) is 33.5. The second kappa shape index (κ2) is 15.9. The van der Waals surface area contributed by atoms with Gasteiger partial charge in [0, 0.05) is 79.5 Å². The zero-order valence-electron chi connectivity index (χ0n) is 25.7. The Kier molecular flexibility index (Phi) is 11.7. The Hall–Kier alpha value is -3.69. The van der Waals surface area contributed by atoms with E-state index in [4.69, 9.17) is 34.7 Å². The highest BCUT2D eigenvalue weighted by Gasteiger charge is 2.34. The van der Waals surface area contributed by atoms with E-state index < -0.39 is 35.8 Å². The molecular formula is C32H37Cl2N9O3S. The van der Waals surface area contributed by atoms with Gasteiger partial charge in [-0.15, -0.1) is 0 Å². The van der Waals surface area contributed by atoms with Crippen molar-refractivity contribution in [3.05, 3.63) is 87.7 Å². The van der Waals surface area contributed by atoms with Crippen LogP contribution in [0.25, 0.3) is 10.9 Å². The summed E-state index contributed by atoms with van der Waals surface area (Å²) in [5, 5.41) is 14.4. The molecule has 248 valence electrons. The van der Waals surface area contributed by atoms with Crippen LogP contribution in [0.1, 0.15) is 16.7 Å². The minimum Gasteiger partial charge on any atom is -0.361 e. The number of nitrogens with two attached hydrogens (primary N) is 2. The summed E-state index contributed by atoms with van der Waals surface area (Å²) in [5.41, 5.74) is 15.0. The van der Waals surface area contributed by atoms with Crippen molar-refractivity contribution in [3.8, 4) is 0 Å². The van der Waals surface area contributed by atoms with E-state index in [1.54, 1.807) is 24.4 Å². The summed E-state index contributed by atoms with van der Waals surface area (Å²) >= 11 is 14.5. The number of halogens is 2. The van der Waals surface area contributed by atoms with Gasteiger partial charge in [0.1, 0.15) is 17.1 Å². The van der Waals surface area contributed by atoms with Gasteiger partial charge in [0.05, 0.1) is 11.1 Å². The van der Waals surface area contributed by atoms with Crippen LogP contribution < -0.4 is 32.7 Å². The number of para-hydroxylation sites is 1. The molecule has 0 radical (unpaired) electrons. The van der Waals surface area contributed by atoms with Crippen molar-refractivity contribution < 1.29 is 14.4 Å². The number of carbonyl (C=O) groups excluding carboxylic acids is 3. The Bertz CT molecular complexity index is 1750. The number of aromatic nitrogens is 2. The van der Waals surface area contributed by atoms with E-state index in [0.717, 1.165) is 22.0 Å². The molecule has 12 nitrogen and oxygen atoms in total. The normalized spacial score (nSPS) is 19.9. The molecule has 0 bridgehead atoms. The van der Waals surface area contributed by atoms with E-state index >= 15 is 0 Å². The molecule has 0 spiro atoms. The fraction of sp³-hybridized carbons (Fsp3) is 0.312. The van der Waals surface area contributed by atoms with Gasteiger partial charge in [0.25, 0.3) is 0 Å². The maximum atomic E-state index is 14.0. The Balaban J connectivity index is 1.56. The van der Waals surface area contributed by atoms with Crippen molar-refractivity contribution in [2.45, 2.75) is 47.6 Å². The van der Waals surface area contributed by atoms with Crippen molar-refractivity contribution in [2.75, 3.05) is 26.8 Å². The summed E-state index contributed by atoms with van der Waals surface area (Å²) in [6, 6.07) is 12.0. The third kappa shape index (κ3) is 8.25. The fourth-order valence-corrected chi connectivity index (χ4v) is 7.08. The first-order chi connectivity index (χ1) is 22.7. The van der Waals surface area contributed by atoms with Crippen LogP contribution in [0.3, 0.4) is 0 Å². The molecule has 4 aromatic rings. The molecule has 9 N–H and O–H groups in total. The highest BCUT2D eigenvalue weighted by molar-refractivity contribution is 7.99. The fourth-order valence-electron chi connectivity index (χ4n) is 5.43. The Labute approximate surface area is 286 Å². The molecule has 2 aromatic heterocycles. The molecule has 1 aliphatic rings. The molecule has 0 saturated carbocycles. The summed E-state index contributed by atoms with van der Waals surface area (Å²) in [7, 11) is 1.54. The maximum absolute atomic E-state index is 14.0. The third-order valence-corrected chi connectivity index (χ3v) is 9.87. The number of likely N-dealkylation sites (N-methyl/N-ethyl adjacent to an activating group) is 1. The molecule has 3 atom stereocenters. The second-order valence-electron chi connectivity index (χ2n) is 11.1. The number of aromatic amines is 1. The van der Waals surface area contributed by atoms with E-state index in [1.807, 2.05) is 36.5 Å². The first kappa shape index (κ1) is 34.6. The van der Waals surface area contributed by atoms with E-state index in [9.17, 15) is 14.4 Å². The van der Waals surface area contributed by atoms with Crippen molar-refractivity contribution >= 4 is 63.6 Å². The lowest BCUT2D eigenvalue weighted by Crippen LogP contribution is -2.60. The van der Waals surface area contributed by atoms with Crippen LogP contribution in [0.15, 0.2) is 70.8 Å². The van der Waals surface area contributed by atoms with Crippen LogP contribution >= 0.6 is 35.0 Å². The lowest BCUT2D eigenvalue weighted by Gasteiger charge is -2.31. The molecular weight excluding hydrogens is 661 g/mol. The molecule has 3 amide bonds. The summed E-state index contributed by atoms with van der Waals surface area (Å²) in [6.45, 7) is 0.500. The topological polar surface area (TPSA) is 183 Å². The molecule has 1 aliphatic heterocycles. The van der Waals surface area contributed by atoms with Crippen LogP contribution in [-0.4, -0.2) is 77.5 Å². The second-order valence-corrected chi connectivity index (χ2v) is 12.9. The van der Waals surface area contributed by atoms with E-state index in [0.29, 0.717) is 25.5 Å². The van der Waals surface area contributed by atoms with Gasteiger partial charge in [0.2, 0.25) is 17.7 Å². The van der Waals surface area contributed by atoms with Gasteiger partial charge in [-0.2, -0.15) is 0 Å². The number of carbonyl (C=O) groups is 3. The average Bonchev–Trinajstić information content (AvgIpc) is 3.48. The Morgan fingerprint density at radius 2 is 1.83 bits per heavy atom. The minimum absolute atomic E-state index is 0.0815. The van der Waals surface area contributed by atoms with Crippen molar-refractivity contribution in [2.24, 2.45) is 11.5 Å².